The second kappa shape index (κ2) is 7.83. The molecule has 10 heteroatoms. The first-order valence-corrected chi connectivity index (χ1v) is 10.1. The van der Waals surface area contributed by atoms with E-state index < -0.39 is 17.6 Å². The number of carboxylic acid groups (broad SMARTS) is 2. The highest BCUT2D eigenvalue weighted by molar-refractivity contribution is 5.91. The molecule has 4 N–H and O–H groups in total. The van der Waals surface area contributed by atoms with Crippen molar-refractivity contribution in [2.75, 3.05) is 31.1 Å². The van der Waals surface area contributed by atoms with Crippen molar-refractivity contribution in [3.8, 4) is 6.07 Å². The van der Waals surface area contributed by atoms with E-state index in [1.54, 1.807) is 6.20 Å². The van der Waals surface area contributed by atoms with Gasteiger partial charge >= 0.3 is 6.16 Å². The van der Waals surface area contributed by atoms with Gasteiger partial charge in [-0.2, -0.15) is 5.26 Å². The average molecular weight is 430 g/mol. The van der Waals surface area contributed by atoms with E-state index in [4.69, 9.17) is 25.5 Å². The number of aromatic nitrogens is 1. The molecule has 3 fully saturated rings. The molecule has 2 saturated heterocycles. The van der Waals surface area contributed by atoms with Crippen LogP contribution in [0.2, 0.25) is 0 Å². The predicted molar refractivity (Wildman–Crippen MR) is 110 cm³/mol. The minimum absolute atomic E-state index is 0.227. The van der Waals surface area contributed by atoms with Crippen LogP contribution in [0, 0.1) is 23.1 Å². The molecule has 2 aromatic rings. The van der Waals surface area contributed by atoms with Crippen LogP contribution in [0.4, 0.5) is 14.9 Å². The van der Waals surface area contributed by atoms with Gasteiger partial charge in [0.2, 0.25) is 0 Å². The van der Waals surface area contributed by atoms with Gasteiger partial charge in [0.05, 0.1) is 16.6 Å². The second-order valence-corrected chi connectivity index (χ2v) is 8.17. The highest BCUT2D eigenvalue weighted by Crippen LogP contribution is 2.44. The number of nitrogens with two attached hydrogens (primary N) is 1. The summed E-state index contributed by atoms with van der Waals surface area (Å²) < 4.78 is 23.0. The van der Waals surface area contributed by atoms with Crippen molar-refractivity contribution in [3.05, 3.63) is 39.9 Å². The summed E-state index contributed by atoms with van der Waals surface area (Å²) in [5.74, 6) is -0.303. The molecule has 1 saturated carbocycles. The molecule has 2 atom stereocenters. The lowest BCUT2D eigenvalue weighted by Gasteiger charge is -2.27. The minimum Gasteiger partial charge on any atom is -0.450 e. The van der Waals surface area contributed by atoms with E-state index in [1.807, 2.05) is 9.47 Å². The van der Waals surface area contributed by atoms with E-state index in [0.717, 1.165) is 19.3 Å². The smallest absolute Gasteiger partial charge is 0.450 e. The number of anilines is 1. The number of nitriles is 1. The number of carbonyl (C=O) groups is 1. The Morgan fingerprint density at radius 1 is 1.39 bits per heavy atom. The molecular formula is C21H23FN4O5. The van der Waals surface area contributed by atoms with Crippen LogP contribution in [0.15, 0.2) is 23.1 Å². The number of ether oxygens (including phenoxy) is 1. The summed E-state index contributed by atoms with van der Waals surface area (Å²) in [7, 11) is 0. The molecule has 3 aliphatic rings. The molecule has 31 heavy (non-hydrogen) atoms. The third kappa shape index (κ3) is 3.60. The van der Waals surface area contributed by atoms with Crippen LogP contribution in [-0.4, -0.2) is 52.8 Å². The molecule has 1 aliphatic carbocycles. The summed E-state index contributed by atoms with van der Waals surface area (Å²) in [6.07, 6.45) is 2.79. The van der Waals surface area contributed by atoms with Crippen LogP contribution in [0.3, 0.4) is 0 Å². The van der Waals surface area contributed by atoms with Crippen LogP contribution in [0.1, 0.15) is 30.9 Å². The minimum atomic E-state index is -1.83. The van der Waals surface area contributed by atoms with Crippen molar-refractivity contribution in [1.82, 2.24) is 4.57 Å². The number of rotatable bonds is 3. The van der Waals surface area contributed by atoms with Gasteiger partial charge in [0.15, 0.2) is 5.43 Å². The maximum Gasteiger partial charge on any atom is 0.503 e. The van der Waals surface area contributed by atoms with Crippen molar-refractivity contribution in [1.29, 1.82) is 5.26 Å². The zero-order valence-corrected chi connectivity index (χ0v) is 16.8. The normalized spacial score (nSPS) is 24.4. The maximum atomic E-state index is 15.1. The van der Waals surface area contributed by atoms with E-state index >= 15 is 4.39 Å². The maximum absolute atomic E-state index is 15.1. The Labute approximate surface area is 177 Å². The lowest BCUT2D eigenvalue weighted by Crippen LogP contribution is -2.44. The zero-order valence-electron chi connectivity index (χ0n) is 16.8. The molecule has 0 bridgehead atoms. The van der Waals surface area contributed by atoms with Crippen LogP contribution < -0.4 is 16.1 Å². The second-order valence-electron chi connectivity index (χ2n) is 8.17. The number of benzene rings is 1. The van der Waals surface area contributed by atoms with Gasteiger partial charge in [0, 0.05) is 50.5 Å². The van der Waals surface area contributed by atoms with Crippen LogP contribution in [0.25, 0.3) is 10.9 Å². The van der Waals surface area contributed by atoms with Crippen molar-refractivity contribution in [3.63, 3.8) is 0 Å². The summed E-state index contributed by atoms with van der Waals surface area (Å²) in [5, 5.41) is 24.1. The molecule has 0 radical (unpaired) electrons. The third-order valence-electron chi connectivity index (χ3n) is 6.35. The van der Waals surface area contributed by atoms with Crippen LogP contribution in [-0.2, 0) is 4.74 Å². The molecule has 1 aromatic carbocycles. The van der Waals surface area contributed by atoms with Gasteiger partial charge in [0.25, 0.3) is 0 Å². The summed E-state index contributed by atoms with van der Waals surface area (Å²) in [6.45, 7) is 2.11. The first kappa shape index (κ1) is 21.1. The fourth-order valence-corrected chi connectivity index (χ4v) is 4.80. The average Bonchev–Trinajstić information content (AvgIpc) is 3.38. The molecular weight excluding hydrogens is 407 g/mol. The fourth-order valence-electron chi connectivity index (χ4n) is 4.80. The van der Waals surface area contributed by atoms with Gasteiger partial charge in [-0.1, -0.05) is 0 Å². The van der Waals surface area contributed by atoms with Crippen molar-refractivity contribution in [2.24, 2.45) is 11.7 Å². The number of fused-ring (bicyclic) bond motifs is 2. The van der Waals surface area contributed by atoms with Gasteiger partial charge < -0.3 is 30.2 Å². The largest absolute Gasteiger partial charge is 0.503 e. The summed E-state index contributed by atoms with van der Waals surface area (Å²) in [6, 6.07) is 5.21. The van der Waals surface area contributed by atoms with Crippen LogP contribution >= 0.6 is 0 Å². The number of hydrogen-bond donors (Lipinski definition) is 3. The van der Waals surface area contributed by atoms with Crippen molar-refractivity contribution < 1.29 is 24.1 Å². The van der Waals surface area contributed by atoms with Gasteiger partial charge in [-0.25, -0.2) is 9.18 Å². The highest BCUT2D eigenvalue weighted by atomic mass is 19.1. The fraction of sp³-hybridized carbons (Fsp3) is 0.476. The van der Waals surface area contributed by atoms with Crippen molar-refractivity contribution in [2.45, 2.75) is 30.9 Å². The number of nitrogens with zero attached hydrogens (tertiary/aromatic N) is 3. The summed E-state index contributed by atoms with van der Waals surface area (Å²) in [5.41, 5.74) is 6.31. The first-order chi connectivity index (χ1) is 14.8. The molecule has 0 unspecified atom stereocenters. The van der Waals surface area contributed by atoms with E-state index in [9.17, 15) is 10.1 Å². The first-order valence-electron chi connectivity index (χ1n) is 10.1. The predicted octanol–water partition coefficient (Wildman–Crippen LogP) is 2.12. The number of pyridine rings is 1. The topological polar surface area (TPSA) is 142 Å². The Balaban J connectivity index is 0.000000535. The Morgan fingerprint density at radius 2 is 2.10 bits per heavy atom. The Bertz CT molecular complexity index is 1140. The third-order valence-corrected chi connectivity index (χ3v) is 6.35. The van der Waals surface area contributed by atoms with Crippen molar-refractivity contribution >= 4 is 22.7 Å². The molecule has 2 aliphatic heterocycles. The molecule has 164 valence electrons. The van der Waals surface area contributed by atoms with E-state index in [1.165, 1.54) is 12.1 Å². The van der Waals surface area contributed by atoms with Gasteiger partial charge in [0.1, 0.15) is 23.1 Å². The zero-order chi connectivity index (χ0) is 22.3. The standard InChI is InChI=1S/C20H21FN4O2.CH2O3/c21-16-7-14-17(26)3-5-25(13-1-2-13)18(14)15(8-22)19(16)24-9-12-4-6-27-20(12,10-23)11-24;2-1(3)4/h3,5,7,12-13H,1-2,4,6,9-11,23H2;(H2,2,3,4)/t12-,20+;/m1./s1. The van der Waals surface area contributed by atoms with E-state index in [2.05, 4.69) is 6.07 Å². The lowest BCUT2D eigenvalue weighted by molar-refractivity contribution is 0.0126. The van der Waals surface area contributed by atoms with Gasteiger partial charge in [-0.05, 0) is 25.3 Å². The summed E-state index contributed by atoms with van der Waals surface area (Å²) in [4.78, 5) is 22.8. The number of halogens is 1. The SMILES string of the molecule is N#Cc1c(N2C[C@H]3CCO[C@@]3(CN)C2)c(F)cc2c(=O)ccn(C3CC3)c12.O=C(O)O. The molecule has 0 spiro atoms. The van der Waals surface area contributed by atoms with Crippen LogP contribution in [0.5, 0.6) is 0 Å². The van der Waals surface area contributed by atoms with Gasteiger partial charge in [-0.15, -0.1) is 0 Å². The molecule has 0 amide bonds. The quantitative estimate of drug-likeness (QED) is 0.672. The molecule has 1 aromatic heterocycles. The molecule has 3 heterocycles. The lowest BCUT2D eigenvalue weighted by atomic mass is 9.91. The molecule has 9 nitrogen and oxygen atoms in total. The Kier molecular flexibility index (Phi) is 5.33. The monoisotopic (exact) mass is 430 g/mol. The Hall–Kier alpha value is -3.16. The number of hydrogen-bond acceptors (Lipinski definition) is 6. The molecule has 5 rings (SSSR count). The summed E-state index contributed by atoms with van der Waals surface area (Å²) >= 11 is 0. The van der Waals surface area contributed by atoms with E-state index in [-0.39, 0.29) is 34.0 Å². The van der Waals surface area contributed by atoms with Gasteiger partial charge in [-0.3, -0.25) is 4.79 Å². The van der Waals surface area contributed by atoms with E-state index in [0.29, 0.717) is 31.8 Å². The highest BCUT2D eigenvalue weighted by Gasteiger charge is 2.51. The Morgan fingerprint density at radius 3 is 2.68 bits per heavy atom.